The molecule has 0 saturated carbocycles. The van der Waals surface area contributed by atoms with Gasteiger partial charge in [0.1, 0.15) is 5.82 Å². The Hall–Kier alpha value is -2.14. The summed E-state index contributed by atoms with van der Waals surface area (Å²) < 4.78 is 1.81. The molecule has 0 aliphatic carbocycles. The van der Waals surface area contributed by atoms with Crippen LogP contribution in [0.2, 0.25) is 0 Å². The summed E-state index contributed by atoms with van der Waals surface area (Å²) in [6.45, 7) is 10.9. The lowest BCUT2D eigenvalue weighted by atomic mass is 9.92. The van der Waals surface area contributed by atoms with Crippen LogP contribution < -0.4 is 10.6 Å². The minimum absolute atomic E-state index is 0.0157. The van der Waals surface area contributed by atoms with Crippen LogP contribution in [0.25, 0.3) is 5.69 Å². The first-order chi connectivity index (χ1) is 11.2. The van der Waals surface area contributed by atoms with Gasteiger partial charge in [-0.1, -0.05) is 45.4 Å². The lowest BCUT2D eigenvalue weighted by Crippen LogP contribution is -2.29. The van der Waals surface area contributed by atoms with Crippen LogP contribution in [0.1, 0.15) is 39.0 Å². The number of aryl methyl sites for hydroxylation is 1. The molecule has 5 heteroatoms. The lowest BCUT2D eigenvalue weighted by Gasteiger charge is -2.14. The van der Waals surface area contributed by atoms with Crippen LogP contribution in [-0.2, 0) is 10.2 Å². The normalized spacial score (nSPS) is 12.9. The number of rotatable bonds is 5. The van der Waals surface area contributed by atoms with E-state index in [2.05, 4.69) is 38.3 Å². The Bertz CT molecular complexity index is 695. The maximum absolute atomic E-state index is 12.4. The number of hydrogen-bond acceptors (Lipinski definition) is 3. The van der Waals surface area contributed by atoms with Gasteiger partial charge in [-0.15, -0.1) is 0 Å². The molecule has 0 fully saturated rings. The summed E-state index contributed by atoms with van der Waals surface area (Å²) in [6, 6.07) is 10.1. The summed E-state index contributed by atoms with van der Waals surface area (Å²) in [6.07, 6.45) is 0. The van der Waals surface area contributed by atoms with Crippen molar-refractivity contribution in [2.45, 2.75) is 40.0 Å². The van der Waals surface area contributed by atoms with Crippen LogP contribution in [0.15, 0.2) is 30.3 Å². The van der Waals surface area contributed by atoms with E-state index in [1.54, 1.807) is 0 Å². The highest BCUT2D eigenvalue weighted by atomic mass is 16.2. The second-order valence-electron chi connectivity index (χ2n) is 7.36. The highest BCUT2D eigenvalue weighted by Gasteiger charge is 2.22. The molecular weight excluding hydrogens is 300 g/mol. The van der Waals surface area contributed by atoms with E-state index in [1.165, 1.54) is 5.56 Å². The van der Waals surface area contributed by atoms with E-state index in [-0.39, 0.29) is 17.2 Å². The minimum atomic E-state index is -0.116. The Balaban J connectivity index is 2.39. The molecule has 1 unspecified atom stereocenters. The minimum Gasteiger partial charge on any atom is -0.319 e. The van der Waals surface area contributed by atoms with Gasteiger partial charge in [-0.25, -0.2) is 4.68 Å². The summed E-state index contributed by atoms with van der Waals surface area (Å²) in [5.74, 6) is 0.573. The Morgan fingerprint density at radius 3 is 2.42 bits per heavy atom. The zero-order valence-corrected chi connectivity index (χ0v) is 15.5. The van der Waals surface area contributed by atoms with Crippen molar-refractivity contribution in [3.63, 3.8) is 0 Å². The first kappa shape index (κ1) is 18.2. The maximum atomic E-state index is 12.4. The number of amides is 1. The van der Waals surface area contributed by atoms with Crippen molar-refractivity contribution in [3.05, 3.63) is 41.6 Å². The van der Waals surface area contributed by atoms with E-state index in [4.69, 9.17) is 5.10 Å². The molecule has 0 bridgehead atoms. The maximum Gasteiger partial charge on any atom is 0.229 e. The second kappa shape index (κ2) is 7.18. The SMILES string of the molecule is CNCC(C)C(=O)Nc1cc(C(C)(C)C)nn1-c1ccc(C)cc1. The number of aromatic nitrogens is 2. The molecule has 1 aromatic carbocycles. The average Bonchev–Trinajstić information content (AvgIpc) is 2.92. The number of carbonyl (C=O) groups is 1. The van der Waals surface area contributed by atoms with Gasteiger partial charge in [0.2, 0.25) is 5.91 Å². The average molecular weight is 328 g/mol. The van der Waals surface area contributed by atoms with Crippen molar-refractivity contribution in [2.24, 2.45) is 5.92 Å². The smallest absolute Gasteiger partial charge is 0.229 e. The molecule has 2 aromatic rings. The molecular formula is C19H28N4O. The number of anilines is 1. The monoisotopic (exact) mass is 328 g/mol. The third-order valence-corrected chi connectivity index (χ3v) is 3.97. The fourth-order valence-corrected chi connectivity index (χ4v) is 2.37. The number of hydrogen-bond donors (Lipinski definition) is 2. The molecule has 0 aliphatic heterocycles. The molecule has 24 heavy (non-hydrogen) atoms. The molecule has 1 aromatic heterocycles. The van der Waals surface area contributed by atoms with Crippen LogP contribution in [-0.4, -0.2) is 29.3 Å². The molecule has 0 aliphatic rings. The second-order valence-corrected chi connectivity index (χ2v) is 7.36. The first-order valence-corrected chi connectivity index (χ1v) is 8.35. The van der Waals surface area contributed by atoms with E-state index < -0.39 is 0 Å². The van der Waals surface area contributed by atoms with E-state index >= 15 is 0 Å². The topological polar surface area (TPSA) is 59.0 Å². The van der Waals surface area contributed by atoms with Crippen molar-refractivity contribution >= 4 is 11.7 Å². The van der Waals surface area contributed by atoms with Crippen molar-refractivity contribution in [1.29, 1.82) is 0 Å². The third-order valence-electron chi connectivity index (χ3n) is 3.97. The van der Waals surface area contributed by atoms with Crippen LogP contribution in [0.3, 0.4) is 0 Å². The Kier molecular flexibility index (Phi) is 5.44. The molecule has 2 N–H and O–H groups in total. The fraction of sp³-hybridized carbons (Fsp3) is 0.474. The highest BCUT2D eigenvalue weighted by Crippen LogP contribution is 2.26. The predicted molar refractivity (Wildman–Crippen MR) is 98.7 cm³/mol. The van der Waals surface area contributed by atoms with Gasteiger partial charge in [0, 0.05) is 23.9 Å². The summed E-state index contributed by atoms with van der Waals surface area (Å²) in [5.41, 5.74) is 2.98. The Labute approximate surface area is 144 Å². The van der Waals surface area contributed by atoms with Gasteiger partial charge in [-0.05, 0) is 26.1 Å². The van der Waals surface area contributed by atoms with Crippen LogP contribution in [0, 0.1) is 12.8 Å². The number of benzene rings is 1. The van der Waals surface area contributed by atoms with Gasteiger partial charge in [-0.3, -0.25) is 4.79 Å². The molecule has 0 spiro atoms. The molecule has 2 rings (SSSR count). The molecule has 1 amide bonds. The number of nitrogens with one attached hydrogen (secondary N) is 2. The first-order valence-electron chi connectivity index (χ1n) is 8.35. The van der Waals surface area contributed by atoms with Crippen molar-refractivity contribution in [2.75, 3.05) is 18.9 Å². The van der Waals surface area contributed by atoms with Gasteiger partial charge in [-0.2, -0.15) is 5.10 Å². The van der Waals surface area contributed by atoms with Crippen molar-refractivity contribution in [1.82, 2.24) is 15.1 Å². The summed E-state index contributed by atoms with van der Waals surface area (Å²) in [4.78, 5) is 12.4. The fourth-order valence-electron chi connectivity index (χ4n) is 2.37. The predicted octanol–water partition coefficient (Wildman–Crippen LogP) is 3.27. The standard InChI is InChI=1S/C19H28N4O/c1-13-7-9-15(10-8-13)23-17(11-16(22-23)19(3,4)5)21-18(24)14(2)12-20-6/h7-11,14,20H,12H2,1-6H3,(H,21,24). The number of carbonyl (C=O) groups excluding carboxylic acids is 1. The molecule has 1 atom stereocenters. The quantitative estimate of drug-likeness (QED) is 0.885. The zero-order chi connectivity index (χ0) is 17.9. The zero-order valence-electron chi connectivity index (χ0n) is 15.5. The third kappa shape index (κ3) is 4.23. The summed E-state index contributed by atoms with van der Waals surface area (Å²) >= 11 is 0. The van der Waals surface area contributed by atoms with E-state index in [9.17, 15) is 4.79 Å². The molecule has 0 saturated heterocycles. The van der Waals surface area contributed by atoms with Crippen molar-refractivity contribution < 1.29 is 4.79 Å². The van der Waals surface area contributed by atoms with Crippen LogP contribution >= 0.6 is 0 Å². The van der Waals surface area contributed by atoms with Gasteiger partial charge in [0.25, 0.3) is 0 Å². The molecule has 1 heterocycles. The van der Waals surface area contributed by atoms with E-state index in [0.717, 1.165) is 11.4 Å². The lowest BCUT2D eigenvalue weighted by molar-refractivity contribution is -0.119. The highest BCUT2D eigenvalue weighted by molar-refractivity contribution is 5.92. The molecule has 5 nitrogen and oxygen atoms in total. The van der Waals surface area contributed by atoms with Gasteiger partial charge in [0.15, 0.2) is 0 Å². The van der Waals surface area contributed by atoms with Gasteiger partial charge < -0.3 is 10.6 Å². The Morgan fingerprint density at radius 1 is 1.25 bits per heavy atom. The summed E-state index contributed by atoms with van der Waals surface area (Å²) in [5, 5.41) is 10.8. The van der Waals surface area contributed by atoms with E-state index in [1.807, 2.05) is 49.0 Å². The van der Waals surface area contributed by atoms with Gasteiger partial charge in [0.05, 0.1) is 11.4 Å². The summed E-state index contributed by atoms with van der Waals surface area (Å²) in [7, 11) is 1.85. The van der Waals surface area contributed by atoms with Crippen LogP contribution in [0.5, 0.6) is 0 Å². The van der Waals surface area contributed by atoms with E-state index in [0.29, 0.717) is 12.4 Å². The van der Waals surface area contributed by atoms with Gasteiger partial charge >= 0.3 is 0 Å². The number of nitrogens with zero attached hydrogens (tertiary/aromatic N) is 2. The van der Waals surface area contributed by atoms with Crippen molar-refractivity contribution in [3.8, 4) is 5.69 Å². The van der Waals surface area contributed by atoms with Crippen LogP contribution in [0.4, 0.5) is 5.82 Å². The largest absolute Gasteiger partial charge is 0.319 e. The molecule has 0 radical (unpaired) electrons. The molecule has 130 valence electrons. The Morgan fingerprint density at radius 2 is 1.88 bits per heavy atom.